The van der Waals surface area contributed by atoms with Crippen molar-refractivity contribution in [2.45, 2.75) is 0 Å². The Morgan fingerprint density at radius 3 is 1.86 bits per heavy atom. The molecular weight excluding hydrogens is 601 g/mol. The first-order valence-electron chi connectivity index (χ1n) is 16.1. The van der Waals surface area contributed by atoms with Crippen molar-refractivity contribution in [1.82, 2.24) is 9.13 Å². The van der Waals surface area contributed by atoms with Crippen LogP contribution in [0, 0.1) is 17.9 Å². The molecule has 0 N–H and O–H groups in total. The molecule has 0 fully saturated rings. The molecule has 7 aromatic carbocycles. The Bertz CT molecular complexity index is 3030. The van der Waals surface area contributed by atoms with Crippen LogP contribution in [0.2, 0.25) is 0 Å². The Balaban J connectivity index is 1.29. The second-order valence-corrected chi connectivity index (χ2v) is 12.4. The van der Waals surface area contributed by atoms with E-state index in [0.717, 1.165) is 88.1 Å². The van der Waals surface area contributed by atoms with Gasteiger partial charge in [-0.15, -0.1) is 0 Å². The first kappa shape index (κ1) is 27.1. The molecule has 0 bridgehead atoms. The first-order valence-corrected chi connectivity index (χ1v) is 16.1. The highest BCUT2D eigenvalue weighted by Crippen LogP contribution is 2.43. The molecule has 0 radical (unpaired) electrons. The maximum absolute atomic E-state index is 10.4. The molecule has 3 aromatic heterocycles. The van der Waals surface area contributed by atoms with Crippen LogP contribution in [0.4, 0.5) is 5.69 Å². The number of benzene rings is 7. The predicted molar refractivity (Wildman–Crippen MR) is 199 cm³/mol. The van der Waals surface area contributed by atoms with E-state index < -0.39 is 0 Å². The van der Waals surface area contributed by atoms with Crippen LogP contribution in [0.15, 0.2) is 150 Å². The van der Waals surface area contributed by atoms with Crippen molar-refractivity contribution in [2.24, 2.45) is 0 Å². The molecule has 0 aliphatic carbocycles. The molecular formula is C44H24N4O. The molecule has 0 atom stereocenters. The lowest BCUT2D eigenvalue weighted by atomic mass is 9.99. The number of hydrogen-bond donors (Lipinski definition) is 0. The van der Waals surface area contributed by atoms with Gasteiger partial charge < -0.3 is 13.6 Å². The van der Waals surface area contributed by atoms with Gasteiger partial charge in [0.05, 0.1) is 46.0 Å². The highest BCUT2D eigenvalue weighted by Gasteiger charge is 2.21. The van der Waals surface area contributed by atoms with Gasteiger partial charge in [-0.1, -0.05) is 91.0 Å². The van der Waals surface area contributed by atoms with E-state index in [1.807, 2.05) is 60.7 Å². The van der Waals surface area contributed by atoms with Crippen molar-refractivity contribution < 1.29 is 4.42 Å². The summed E-state index contributed by atoms with van der Waals surface area (Å²) >= 11 is 0. The van der Waals surface area contributed by atoms with Gasteiger partial charge in [-0.05, 0) is 65.7 Å². The lowest BCUT2D eigenvalue weighted by molar-refractivity contribution is 0.669. The van der Waals surface area contributed by atoms with Gasteiger partial charge in [0.25, 0.3) is 0 Å². The van der Waals surface area contributed by atoms with Crippen LogP contribution in [0.1, 0.15) is 5.56 Å². The number of aromatic nitrogens is 2. The topological polar surface area (TPSA) is 51.1 Å². The van der Waals surface area contributed by atoms with Crippen LogP contribution < -0.4 is 0 Å². The van der Waals surface area contributed by atoms with E-state index in [-0.39, 0.29) is 0 Å². The molecule has 0 unspecified atom stereocenters. The zero-order valence-electron chi connectivity index (χ0n) is 26.1. The molecule has 0 saturated heterocycles. The van der Waals surface area contributed by atoms with E-state index in [9.17, 15) is 5.26 Å². The molecule has 49 heavy (non-hydrogen) atoms. The molecule has 0 aliphatic heterocycles. The number of furan rings is 1. The summed E-state index contributed by atoms with van der Waals surface area (Å²) in [6.45, 7) is 8.23. The molecule has 0 saturated carbocycles. The Kier molecular flexibility index (Phi) is 5.64. The van der Waals surface area contributed by atoms with Crippen LogP contribution in [0.3, 0.4) is 0 Å². The highest BCUT2D eigenvalue weighted by molar-refractivity contribution is 6.17. The number of nitrogens with zero attached hydrogens (tertiary/aromatic N) is 4. The second kappa shape index (κ2) is 10.2. The molecule has 3 heterocycles. The maximum atomic E-state index is 10.4. The van der Waals surface area contributed by atoms with E-state index in [0.29, 0.717) is 11.3 Å². The summed E-state index contributed by atoms with van der Waals surface area (Å²) in [6.07, 6.45) is 0. The summed E-state index contributed by atoms with van der Waals surface area (Å²) in [6, 6.07) is 51.8. The van der Waals surface area contributed by atoms with Gasteiger partial charge in [0.1, 0.15) is 11.2 Å². The van der Waals surface area contributed by atoms with Gasteiger partial charge in [0.2, 0.25) is 5.69 Å². The number of hydrogen-bond acceptors (Lipinski definition) is 2. The van der Waals surface area contributed by atoms with Gasteiger partial charge in [-0.25, -0.2) is 4.85 Å². The minimum atomic E-state index is 0.537. The summed E-state index contributed by atoms with van der Waals surface area (Å²) in [5.41, 5.74) is 10.3. The lowest BCUT2D eigenvalue weighted by Crippen LogP contribution is -2.00. The Hall–Kier alpha value is -7.08. The third-order valence-electron chi connectivity index (χ3n) is 9.73. The van der Waals surface area contributed by atoms with Crippen molar-refractivity contribution in [2.75, 3.05) is 0 Å². The number of fused-ring (bicyclic) bond motifs is 9. The fraction of sp³-hybridized carbons (Fsp3) is 0. The second-order valence-electron chi connectivity index (χ2n) is 12.4. The van der Waals surface area contributed by atoms with Crippen LogP contribution >= 0.6 is 0 Å². The SMILES string of the molecule is [C-]#[N+]c1cccc(-c2cc(C#N)cc(-n3c4ccccc4c4cc5oc6ccccc6c5cc43)c2)c1-n1c2ccccc2c2ccccc21. The summed E-state index contributed by atoms with van der Waals surface area (Å²) in [7, 11) is 0. The Morgan fingerprint density at radius 2 is 1.16 bits per heavy atom. The predicted octanol–water partition coefficient (Wildman–Crippen LogP) is 11.9. The average molecular weight is 625 g/mol. The van der Waals surface area contributed by atoms with Crippen molar-refractivity contribution in [3.05, 3.63) is 163 Å². The zero-order valence-corrected chi connectivity index (χ0v) is 26.1. The highest BCUT2D eigenvalue weighted by atomic mass is 16.3. The summed E-state index contributed by atoms with van der Waals surface area (Å²) in [4.78, 5) is 4.02. The van der Waals surface area contributed by atoms with E-state index in [2.05, 4.69) is 105 Å². The summed E-state index contributed by atoms with van der Waals surface area (Å²) in [5, 5.41) is 16.9. The van der Waals surface area contributed by atoms with Gasteiger partial charge in [0.15, 0.2) is 0 Å². The Labute approximate surface area is 280 Å². The fourth-order valence-corrected chi connectivity index (χ4v) is 7.68. The summed E-state index contributed by atoms with van der Waals surface area (Å²) < 4.78 is 10.7. The van der Waals surface area contributed by atoms with Gasteiger partial charge in [0, 0.05) is 38.0 Å². The minimum absolute atomic E-state index is 0.537. The standard InChI is InChI=1S/C44H24N4O/c1-46-37-16-10-15-30(44(37)48-39-18-7-2-11-31(39)32-12-3-8-19-40(32)48)28-21-27(26-45)22-29(23-28)47-38-17-6-4-13-33(38)35-25-43-36(24-41(35)47)34-14-5-9-20-42(34)49-43/h2-25H. The molecule has 5 heteroatoms. The monoisotopic (exact) mass is 624 g/mol. The number of para-hydroxylation sites is 5. The van der Waals surface area contributed by atoms with E-state index in [4.69, 9.17) is 11.0 Å². The van der Waals surface area contributed by atoms with Crippen LogP contribution in [0.25, 0.3) is 92.9 Å². The van der Waals surface area contributed by atoms with Gasteiger partial charge in [-0.2, -0.15) is 5.26 Å². The normalized spacial score (nSPS) is 11.6. The first-order chi connectivity index (χ1) is 24.2. The fourth-order valence-electron chi connectivity index (χ4n) is 7.68. The van der Waals surface area contributed by atoms with E-state index in [1.54, 1.807) is 0 Å². The molecule has 10 aromatic rings. The van der Waals surface area contributed by atoms with Gasteiger partial charge >= 0.3 is 0 Å². The van der Waals surface area contributed by atoms with Crippen LogP contribution in [-0.4, -0.2) is 9.13 Å². The lowest BCUT2D eigenvalue weighted by Gasteiger charge is -2.17. The van der Waals surface area contributed by atoms with Crippen molar-refractivity contribution in [3.63, 3.8) is 0 Å². The maximum Gasteiger partial charge on any atom is 0.211 e. The average Bonchev–Trinajstić information content (AvgIpc) is 3.80. The molecule has 5 nitrogen and oxygen atoms in total. The van der Waals surface area contributed by atoms with Gasteiger partial charge in [-0.3, -0.25) is 0 Å². The van der Waals surface area contributed by atoms with Crippen LogP contribution in [-0.2, 0) is 0 Å². The molecule has 0 spiro atoms. The molecule has 0 amide bonds. The van der Waals surface area contributed by atoms with Crippen molar-refractivity contribution in [3.8, 4) is 28.6 Å². The van der Waals surface area contributed by atoms with Crippen LogP contribution in [0.5, 0.6) is 0 Å². The Morgan fingerprint density at radius 1 is 0.531 bits per heavy atom. The van der Waals surface area contributed by atoms with Crippen molar-refractivity contribution >= 4 is 71.2 Å². The van der Waals surface area contributed by atoms with E-state index >= 15 is 0 Å². The quantitative estimate of drug-likeness (QED) is 0.184. The minimum Gasteiger partial charge on any atom is -0.456 e. The summed E-state index contributed by atoms with van der Waals surface area (Å²) in [5.74, 6) is 0. The third-order valence-corrected chi connectivity index (χ3v) is 9.73. The zero-order chi connectivity index (χ0) is 32.6. The van der Waals surface area contributed by atoms with E-state index in [1.165, 1.54) is 0 Å². The smallest absolute Gasteiger partial charge is 0.211 e. The molecule has 0 aliphatic rings. The molecule has 226 valence electrons. The largest absolute Gasteiger partial charge is 0.456 e. The number of rotatable bonds is 3. The van der Waals surface area contributed by atoms with Crippen molar-refractivity contribution in [1.29, 1.82) is 5.26 Å². The third kappa shape index (κ3) is 3.85. The number of nitriles is 1. The molecule has 10 rings (SSSR count).